The molecule has 1 heterocycles. The van der Waals surface area contributed by atoms with Crippen molar-refractivity contribution in [1.29, 1.82) is 0 Å². The van der Waals surface area contributed by atoms with Crippen LogP contribution in [0.2, 0.25) is 0 Å². The van der Waals surface area contributed by atoms with Crippen LogP contribution in [0, 0.1) is 12.3 Å². The van der Waals surface area contributed by atoms with E-state index < -0.39 is 0 Å². The standard InChI is InChI=1S/C13H20ClNS/c1-11-12(16-10-15-11)5-8-13(9-14)6-3-2-4-7-13/h10H,2-9H2,1H3. The monoisotopic (exact) mass is 257 g/mol. The molecule has 0 amide bonds. The van der Waals surface area contributed by atoms with Crippen LogP contribution in [0.5, 0.6) is 0 Å². The zero-order chi connectivity index (χ0) is 11.4. The molecule has 0 spiro atoms. The fraction of sp³-hybridized carbons (Fsp3) is 0.769. The van der Waals surface area contributed by atoms with Crippen LogP contribution in [0.25, 0.3) is 0 Å². The quantitative estimate of drug-likeness (QED) is 0.720. The van der Waals surface area contributed by atoms with Gasteiger partial charge in [-0.25, -0.2) is 4.98 Å². The lowest BCUT2D eigenvalue weighted by Crippen LogP contribution is -2.26. The van der Waals surface area contributed by atoms with E-state index in [0.29, 0.717) is 5.41 Å². The molecule has 90 valence electrons. The number of alkyl halides is 1. The van der Waals surface area contributed by atoms with Gasteiger partial charge in [-0.3, -0.25) is 0 Å². The Hall–Kier alpha value is -0.0800. The molecule has 3 heteroatoms. The van der Waals surface area contributed by atoms with Crippen LogP contribution in [0.3, 0.4) is 0 Å². The van der Waals surface area contributed by atoms with E-state index in [4.69, 9.17) is 11.6 Å². The minimum Gasteiger partial charge on any atom is -0.250 e. The van der Waals surface area contributed by atoms with Gasteiger partial charge in [0.25, 0.3) is 0 Å². The molecule has 0 aliphatic heterocycles. The lowest BCUT2D eigenvalue weighted by molar-refractivity contribution is 0.204. The molecule has 0 unspecified atom stereocenters. The van der Waals surface area contributed by atoms with Crippen LogP contribution in [0.4, 0.5) is 0 Å². The molecule has 1 nitrogen and oxygen atoms in total. The second-order valence-electron chi connectivity index (χ2n) is 5.06. The van der Waals surface area contributed by atoms with Gasteiger partial charge >= 0.3 is 0 Å². The topological polar surface area (TPSA) is 12.9 Å². The van der Waals surface area contributed by atoms with Crippen LogP contribution >= 0.6 is 22.9 Å². The molecule has 0 N–H and O–H groups in total. The predicted octanol–water partition coefficient (Wildman–Crippen LogP) is 4.57. The minimum absolute atomic E-state index is 0.427. The third-order valence-corrected chi connectivity index (χ3v) is 5.49. The summed E-state index contributed by atoms with van der Waals surface area (Å²) in [6, 6.07) is 0. The Morgan fingerprint density at radius 3 is 2.69 bits per heavy atom. The molecule has 1 saturated carbocycles. The van der Waals surface area contributed by atoms with E-state index in [1.807, 2.05) is 5.51 Å². The van der Waals surface area contributed by atoms with Crippen molar-refractivity contribution in [2.24, 2.45) is 5.41 Å². The lowest BCUT2D eigenvalue weighted by atomic mass is 9.72. The Labute approximate surface area is 107 Å². The first-order valence-corrected chi connectivity index (χ1v) is 7.62. The zero-order valence-electron chi connectivity index (χ0n) is 9.97. The number of halogens is 1. The molecule has 0 saturated heterocycles. The molecule has 1 aliphatic rings. The van der Waals surface area contributed by atoms with Crippen LogP contribution in [0.15, 0.2) is 5.51 Å². The number of aryl methyl sites for hydroxylation is 2. The lowest BCUT2D eigenvalue weighted by Gasteiger charge is -2.35. The first-order valence-electron chi connectivity index (χ1n) is 6.21. The van der Waals surface area contributed by atoms with E-state index in [9.17, 15) is 0 Å². The van der Waals surface area contributed by atoms with Gasteiger partial charge in [0.1, 0.15) is 0 Å². The smallest absolute Gasteiger partial charge is 0.0797 e. The van der Waals surface area contributed by atoms with Gasteiger partial charge in [0.05, 0.1) is 11.2 Å². The van der Waals surface area contributed by atoms with Gasteiger partial charge in [-0.15, -0.1) is 22.9 Å². The van der Waals surface area contributed by atoms with E-state index in [-0.39, 0.29) is 0 Å². The first kappa shape index (κ1) is 12.4. The van der Waals surface area contributed by atoms with Crippen LogP contribution in [0.1, 0.15) is 49.1 Å². The van der Waals surface area contributed by atoms with Gasteiger partial charge in [0.15, 0.2) is 0 Å². The maximum Gasteiger partial charge on any atom is 0.0797 e. The summed E-state index contributed by atoms with van der Waals surface area (Å²) < 4.78 is 0. The van der Waals surface area contributed by atoms with Crippen LogP contribution in [-0.4, -0.2) is 10.9 Å². The van der Waals surface area contributed by atoms with Crippen molar-refractivity contribution in [2.45, 2.75) is 51.9 Å². The van der Waals surface area contributed by atoms with Crippen molar-refractivity contribution < 1.29 is 0 Å². The number of hydrogen-bond donors (Lipinski definition) is 0. The van der Waals surface area contributed by atoms with Gasteiger partial charge in [0, 0.05) is 10.8 Å². The molecule has 16 heavy (non-hydrogen) atoms. The van der Waals surface area contributed by atoms with E-state index >= 15 is 0 Å². The fourth-order valence-corrected chi connectivity index (χ4v) is 3.88. The van der Waals surface area contributed by atoms with Gasteiger partial charge in [-0.2, -0.15) is 0 Å². The average molecular weight is 258 g/mol. The highest BCUT2D eigenvalue weighted by Crippen LogP contribution is 2.41. The first-order chi connectivity index (χ1) is 7.76. The number of hydrogen-bond acceptors (Lipinski definition) is 2. The third-order valence-electron chi connectivity index (χ3n) is 3.92. The van der Waals surface area contributed by atoms with Crippen molar-refractivity contribution in [3.05, 3.63) is 16.1 Å². The molecule has 0 atom stereocenters. The van der Waals surface area contributed by atoms with Gasteiger partial charge in [-0.05, 0) is 38.0 Å². The summed E-state index contributed by atoms with van der Waals surface area (Å²) in [5, 5.41) is 0. The Bertz CT molecular complexity index is 328. The average Bonchev–Trinajstić information content (AvgIpc) is 2.74. The molecule has 0 bridgehead atoms. The minimum atomic E-state index is 0.427. The van der Waals surface area contributed by atoms with Crippen molar-refractivity contribution >= 4 is 22.9 Å². The Balaban J connectivity index is 1.94. The second-order valence-corrected chi connectivity index (χ2v) is 6.26. The molecular weight excluding hydrogens is 238 g/mol. The van der Waals surface area contributed by atoms with Crippen molar-refractivity contribution in [2.75, 3.05) is 5.88 Å². The van der Waals surface area contributed by atoms with Crippen LogP contribution in [-0.2, 0) is 6.42 Å². The number of thiazole rings is 1. The van der Waals surface area contributed by atoms with Crippen molar-refractivity contribution in [1.82, 2.24) is 4.98 Å². The SMILES string of the molecule is Cc1ncsc1CCC1(CCl)CCCCC1. The second kappa shape index (κ2) is 5.50. The maximum atomic E-state index is 6.20. The highest BCUT2D eigenvalue weighted by atomic mass is 35.5. The summed E-state index contributed by atoms with van der Waals surface area (Å²) in [4.78, 5) is 5.77. The fourth-order valence-electron chi connectivity index (χ4n) is 2.70. The summed E-state index contributed by atoms with van der Waals surface area (Å²) in [5.74, 6) is 0.838. The molecule has 1 aromatic rings. The Morgan fingerprint density at radius 2 is 2.12 bits per heavy atom. The van der Waals surface area contributed by atoms with Gasteiger partial charge in [-0.1, -0.05) is 19.3 Å². The summed E-state index contributed by atoms with van der Waals surface area (Å²) >= 11 is 8.00. The van der Waals surface area contributed by atoms with E-state index in [2.05, 4.69) is 11.9 Å². The number of nitrogens with zero attached hydrogens (tertiary/aromatic N) is 1. The third kappa shape index (κ3) is 2.78. The largest absolute Gasteiger partial charge is 0.250 e. The molecule has 2 rings (SSSR count). The molecule has 0 aromatic carbocycles. The summed E-state index contributed by atoms with van der Waals surface area (Å²) in [5.41, 5.74) is 3.60. The molecular formula is C13H20ClNS. The Kier molecular flexibility index (Phi) is 4.26. The van der Waals surface area contributed by atoms with Crippen molar-refractivity contribution in [3.63, 3.8) is 0 Å². The predicted molar refractivity (Wildman–Crippen MR) is 71.4 cm³/mol. The highest BCUT2D eigenvalue weighted by molar-refractivity contribution is 7.09. The molecule has 1 aromatic heterocycles. The molecule has 1 fully saturated rings. The molecule has 0 radical (unpaired) electrons. The number of rotatable bonds is 4. The van der Waals surface area contributed by atoms with Gasteiger partial charge in [0.2, 0.25) is 0 Å². The zero-order valence-corrected chi connectivity index (χ0v) is 11.5. The normalized spacial score (nSPS) is 19.9. The van der Waals surface area contributed by atoms with E-state index in [1.165, 1.54) is 55.5 Å². The Morgan fingerprint density at radius 1 is 1.38 bits per heavy atom. The van der Waals surface area contributed by atoms with Crippen LogP contribution < -0.4 is 0 Å². The van der Waals surface area contributed by atoms with E-state index in [0.717, 1.165) is 5.88 Å². The summed E-state index contributed by atoms with van der Waals surface area (Å²) in [7, 11) is 0. The number of aromatic nitrogens is 1. The van der Waals surface area contributed by atoms with Crippen molar-refractivity contribution in [3.8, 4) is 0 Å². The van der Waals surface area contributed by atoms with E-state index in [1.54, 1.807) is 11.3 Å². The summed E-state index contributed by atoms with van der Waals surface area (Å²) in [6.45, 7) is 2.11. The highest BCUT2D eigenvalue weighted by Gasteiger charge is 2.30. The summed E-state index contributed by atoms with van der Waals surface area (Å²) in [6.07, 6.45) is 9.21. The molecule has 1 aliphatic carbocycles. The maximum absolute atomic E-state index is 6.20. The van der Waals surface area contributed by atoms with Gasteiger partial charge < -0.3 is 0 Å².